The molecular weight excluding hydrogens is 428 g/mol. The number of halogens is 1. The van der Waals surface area contributed by atoms with Gasteiger partial charge in [-0.3, -0.25) is 9.69 Å². The van der Waals surface area contributed by atoms with Crippen molar-refractivity contribution in [3.8, 4) is 11.5 Å². The topological polar surface area (TPSA) is 70.7 Å². The summed E-state index contributed by atoms with van der Waals surface area (Å²) >= 11 is 6.12. The summed E-state index contributed by atoms with van der Waals surface area (Å²) in [5.74, 6) is 1.66. The number of benzene rings is 1. The zero-order valence-corrected chi connectivity index (χ0v) is 18.6. The molecule has 2 aromatic heterocycles. The van der Waals surface area contributed by atoms with Gasteiger partial charge in [-0.25, -0.2) is 4.98 Å². The lowest BCUT2D eigenvalue weighted by molar-refractivity contribution is 0.198. The number of nitrogens with zero attached hydrogens (tertiary/aromatic N) is 3. The summed E-state index contributed by atoms with van der Waals surface area (Å²) < 4.78 is 12.2. The number of likely N-dealkylation sites (tertiary alicyclic amines) is 1. The van der Waals surface area contributed by atoms with Crippen LogP contribution in [0, 0.1) is 6.92 Å². The number of ether oxygens (including phenoxy) is 2. The summed E-state index contributed by atoms with van der Waals surface area (Å²) in [5, 5.41) is 0.520. The maximum absolute atomic E-state index is 11.3. The highest BCUT2D eigenvalue weighted by Gasteiger charge is 2.26. The van der Waals surface area contributed by atoms with Gasteiger partial charge in [0, 0.05) is 38.0 Å². The average Bonchev–Trinajstić information content (AvgIpc) is 3.23. The van der Waals surface area contributed by atoms with Crippen LogP contribution in [0.1, 0.15) is 17.5 Å². The summed E-state index contributed by atoms with van der Waals surface area (Å²) in [6.07, 6.45) is 4.65. The molecule has 1 atom stereocenters. The minimum atomic E-state index is -0.0774. The summed E-state index contributed by atoms with van der Waals surface area (Å²) in [7, 11) is 0. The normalized spacial score (nSPS) is 18.3. The monoisotopic (exact) mass is 452 g/mol. The Hall–Kier alpha value is -3.03. The number of aryl methyl sites for hydroxylation is 1. The van der Waals surface area contributed by atoms with Crippen LogP contribution in [-0.4, -0.2) is 47.2 Å². The van der Waals surface area contributed by atoms with E-state index in [9.17, 15) is 4.79 Å². The van der Waals surface area contributed by atoms with Crippen LogP contribution >= 0.6 is 11.6 Å². The van der Waals surface area contributed by atoms with Gasteiger partial charge in [0.15, 0.2) is 0 Å². The number of fused-ring (bicyclic) bond motifs is 1. The van der Waals surface area contributed by atoms with Gasteiger partial charge in [-0.05, 0) is 42.7 Å². The third kappa shape index (κ3) is 4.45. The van der Waals surface area contributed by atoms with Crippen LogP contribution in [0.4, 0.5) is 11.4 Å². The molecule has 0 amide bonds. The molecule has 0 spiro atoms. The quantitative estimate of drug-likeness (QED) is 0.592. The minimum absolute atomic E-state index is 0.0774. The summed E-state index contributed by atoms with van der Waals surface area (Å²) in [4.78, 5) is 22.8. The van der Waals surface area contributed by atoms with Gasteiger partial charge in [0.05, 0.1) is 24.1 Å². The van der Waals surface area contributed by atoms with E-state index in [0.717, 1.165) is 66.6 Å². The van der Waals surface area contributed by atoms with Crippen molar-refractivity contribution >= 4 is 23.0 Å². The van der Waals surface area contributed by atoms with Gasteiger partial charge in [0.25, 0.3) is 0 Å². The molecule has 5 rings (SSSR count). The van der Waals surface area contributed by atoms with Crippen LogP contribution in [0.5, 0.6) is 11.5 Å². The molecule has 166 valence electrons. The molecule has 0 aliphatic carbocycles. The second-order valence-electron chi connectivity index (χ2n) is 8.26. The highest BCUT2D eigenvalue weighted by atomic mass is 35.5. The highest BCUT2D eigenvalue weighted by molar-refractivity contribution is 6.30. The summed E-state index contributed by atoms with van der Waals surface area (Å²) in [5.41, 5.74) is 3.92. The van der Waals surface area contributed by atoms with Gasteiger partial charge in [0.1, 0.15) is 29.4 Å². The van der Waals surface area contributed by atoms with Crippen molar-refractivity contribution in [2.45, 2.75) is 26.0 Å². The van der Waals surface area contributed by atoms with Crippen molar-refractivity contribution in [1.82, 2.24) is 14.9 Å². The fourth-order valence-electron chi connectivity index (χ4n) is 4.26. The molecule has 7 nitrogen and oxygen atoms in total. The van der Waals surface area contributed by atoms with Gasteiger partial charge in [-0.1, -0.05) is 17.7 Å². The fourth-order valence-corrected chi connectivity index (χ4v) is 4.36. The number of hydrogen-bond donors (Lipinski definition) is 1. The van der Waals surface area contributed by atoms with Crippen LogP contribution in [0.3, 0.4) is 0 Å². The van der Waals surface area contributed by atoms with Gasteiger partial charge < -0.3 is 19.4 Å². The molecule has 1 N–H and O–H groups in total. The summed E-state index contributed by atoms with van der Waals surface area (Å²) in [6.45, 7) is 5.90. The Balaban J connectivity index is 1.29. The lowest BCUT2D eigenvalue weighted by Crippen LogP contribution is -2.29. The number of nitrogens with one attached hydrogen (secondary N) is 1. The molecule has 1 fully saturated rings. The molecule has 2 aliphatic heterocycles. The molecule has 0 radical (unpaired) electrons. The van der Waals surface area contributed by atoms with Crippen LogP contribution in [0.25, 0.3) is 0 Å². The van der Waals surface area contributed by atoms with E-state index in [1.165, 1.54) is 0 Å². The third-order valence-electron chi connectivity index (χ3n) is 5.89. The smallest absolute Gasteiger partial charge is 0.247 e. The molecule has 1 saturated heterocycles. The lowest BCUT2D eigenvalue weighted by atomic mass is 10.2. The second kappa shape index (κ2) is 8.84. The molecule has 0 saturated carbocycles. The molecule has 8 heteroatoms. The first-order chi connectivity index (χ1) is 15.5. The molecule has 4 heterocycles. The number of aromatic nitrogens is 2. The number of anilines is 2. The first kappa shape index (κ1) is 20.8. The van der Waals surface area contributed by atoms with E-state index in [4.69, 9.17) is 21.1 Å². The van der Waals surface area contributed by atoms with Crippen LogP contribution < -0.4 is 19.9 Å². The number of aromatic amines is 1. The number of rotatable bonds is 5. The predicted molar refractivity (Wildman–Crippen MR) is 124 cm³/mol. The number of pyridine rings is 2. The Bertz CT molecular complexity index is 1160. The van der Waals surface area contributed by atoms with Crippen molar-refractivity contribution in [2.75, 3.05) is 31.1 Å². The van der Waals surface area contributed by atoms with E-state index in [-0.39, 0.29) is 11.7 Å². The largest absolute Gasteiger partial charge is 0.490 e. The number of H-pyrrole nitrogens is 1. The van der Waals surface area contributed by atoms with E-state index in [0.29, 0.717) is 11.8 Å². The first-order valence-corrected chi connectivity index (χ1v) is 11.2. The van der Waals surface area contributed by atoms with E-state index in [1.807, 2.05) is 37.3 Å². The maximum Gasteiger partial charge on any atom is 0.247 e. The minimum Gasteiger partial charge on any atom is -0.490 e. The molecular formula is C24H25ClN4O3. The predicted octanol–water partition coefficient (Wildman–Crippen LogP) is 3.92. The van der Waals surface area contributed by atoms with E-state index < -0.39 is 0 Å². The Morgan fingerprint density at radius 1 is 1.25 bits per heavy atom. The van der Waals surface area contributed by atoms with E-state index in [1.54, 1.807) is 18.5 Å². The fraction of sp³-hybridized carbons (Fsp3) is 0.333. The summed E-state index contributed by atoms with van der Waals surface area (Å²) in [6, 6.07) is 11.5. The van der Waals surface area contributed by atoms with E-state index in [2.05, 4.69) is 19.8 Å². The van der Waals surface area contributed by atoms with Crippen molar-refractivity contribution in [1.29, 1.82) is 0 Å². The Labute approximate surface area is 191 Å². The van der Waals surface area contributed by atoms with Gasteiger partial charge >= 0.3 is 0 Å². The van der Waals surface area contributed by atoms with Crippen LogP contribution in [0.15, 0.2) is 53.6 Å². The Morgan fingerprint density at radius 2 is 2.16 bits per heavy atom. The van der Waals surface area contributed by atoms with Crippen molar-refractivity contribution in [2.24, 2.45) is 0 Å². The van der Waals surface area contributed by atoms with Gasteiger partial charge in [-0.15, -0.1) is 0 Å². The molecule has 1 aromatic carbocycles. The van der Waals surface area contributed by atoms with Crippen molar-refractivity contribution < 1.29 is 9.47 Å². The zero-order valence-electron chi connectivity index (χ0n) is 17.9. The second-order valence-corrected chi connectivity index (χ2v) is 8.61. The lowest BCUT2D eigenvalue weighted by Gasteiger charge is -2.31. The van der Waals surface area contributed by atoms with Crippen LogP contribution in [-0.2, 0) is 6.54 Å². The molecule has 32 heavy (non-hydrogen) atoms. The Kier molecular flexibility index (Phi) is 5.76. The molecule has 0 unspecified atom stereocenters. The average molecular weight is 453 g/mol. The van der Waals surface area contributed by atoms with Crippen molar-refractivity contribution in [3.05, 3.63) is 75.4 Å². The first-order valence-electron chi connectivity index (χ1n) is 10.8. The Morgan fingerprint density at radius 3 is 2.97 bits per heavy atom. The molecule has 0 bridgehead atoms. The van der Waals surface area contributed by atoms with E-state index >= 15 is 0 Å². The maximum atomic E-state index is 11.3. The number of hydrogen-bond acceptors (Lipinski definition) is 6. The standard InChI is InChI=1S/C24H25ClN4O3/c1-16-10-18(13-27-24(16)25)29-8-9-31-22-4-3-19(11-21(22)29)32-20-6-7-28(15-20)14-17-2-5-23(30)26-12-17/h2-5,10-13,20H,6-9,14-15H2,1H3,(H,26,30)/t20-/m0/s1. The van der Waals surface area contributed by atoms with Crippen molar-refractivity contribution in [3.63, 3.8) is 0 Å². The molecule has 3 aromatic rings. The third-order valence-corrected chi connectivity index (χ3v) is 6.29. The highest BCUT2D eigenvalue weighted by Crippen LogP contribution is 2.40. The SMILES string of the molecule is Cc1cc(N2CCOc3ccc(O[C@H]4CCN(Cc5ccc(=O)[nH]c5)C4)cc32)cnc1Cl. The van der Waals surface area contributed by atoms with Gasteiger partial charge in [-0.2, -0.15) is 0 Å². The van der Waals surface area contributed by atoms with Crippen LogP contribution in [0.2, 0.25) is 5.15 Å². The van der Waals surface area contributed by atoms with Gasteiger partial charge in [0.2, 0.25) is 5.56 Å². The zero-order chi connectivity index (χ0) is 22.1. The molecule has 2 aliphatic rings.